The third kappa shape index (κ3) is 4.71. The summed E-state index contributed by atoms with van der Waals surface area (Å²) in [5.41, 5.74) is 0.0148. The molecule has 0 aliphatic heterocycles. The molecule has 0 radical (unpaired) electrons. The number of nitrogens with zero attached hydrogens (tertiary/aromatic N) is 3. The van der Waals surface area contributed by atoms with E-state index in [2.05, 4.69) is 10.4 Å². The van der Waals surface area contributed by atoms with E-state index in [9.17, 15) is 28.1 Å². The second-order valence-corrected chi connectivity index (χ2v) is 7.00. The Morgan fingerprint density at radius 2 is 1.91 bits per heavy atom. The number of aromatic nitrogens is 2. The maximum absolute atomic E-state index is 13.7. The smallest absolute Gasteiger partial charge is 0.416 e. The lowest BCUT2D eigenvalue weighted by Crippen LogP contribution is -2.25. The van der Waals surface area contributed by atoms with Crippen molar-refractivity contribution in [3.05, 3.63) is 80.7 Å². The molecule has 0 saturated heterocycles. The maximum atomic E-state index is 13.7. The number of ether oxygens (including phenoxy) is 1. The lowest BCUT2D eigenvalue weighted by molar-refractivity contribution is -0.385. The Balaban J connectivity index is 1.87. The van der Waals surface area contributed by atoms with Crippen molar-refractivity contribution in [2.24, 2.45) is 0 Å². The second kappa shape index (κ2) is 8.69. The number of aryl methyl sites for hydroxylation is 2. The molecule has 0 unspecified atom stereocenters. The summed E-state index contributed by atoms with van der Waals surface area (Å²) in [7, 11) is 1.25. The van der Waals surface area contributed by atoms with Gasteiger partial charge in [0.05, 0.1) is 29.0 Å². The molecular formula is C21H19F3N4O4. The van der Waals surface area contributed by atoms with Crippen LogP contribution in [0, 0.1) is 24.0 Å². The molecule has 0 atom stereocenters. The highest BCUT2D eigenvalue weighted by Crippen LogP contribution is 2.34. The van der Waals surface area contributed by atoms with Gasteiger partial charge in [0.15, 0.2) is 5.75 Å². The molecule has 3 aromatic rings. The molecule has 0 aliphatic carbocycles. The van der Waals surface area contributed by atoms with Crippen LogP contribution in [0.5, 0.6) is 5.75 Å². The first-order chi connectivity index (χ1) is 15.0. The predicted octanol–water partition coefficient (Wildman–Crippen LogP) is 4.35. The molecule has 1 heterocycles. The van der Waals surface area contributed by atoms with Crippen LogP contribution >= 0.6 is 0 Å². The fourth-order valence-corrected chi connectivity index (χ4v) is 3.26. The van der Waals surface area contributed by atoms with Crippen molar-refractivity contribution in [1.29, 1.82) is 0 Å². The largest absolute Gasteiger partial charge is 0.490 e. The molecule has 168 valence electrons. The zero-order valence-corrected chi connectivity index (χ0v) is 17.4. The van der Waals surface area contributed by atoms with Crippen molar-refractivity contribution in [2.75, 3.05) is 7.11 Å². The number of nitro groups is 1. The molecule has 1 aromatic heterocycles. The average Bonchev–Trinajstić information content (AvgIpc) is 3.08. The first-order valence-electron chi connectivity index (χ1n) is 9.35. The number of nitro benzene ring substituents is 1. The number of nitrogens with one attached hydrogen (secondary N) is 1. The summed E-state index contributed by atoms with van der Waals surface area (Å²) in [5, 5.41) is 17.7. The highest BCUT2D eigenvalue weighted by molar-refractivity contribution is 5.95. The van der Waals surface area contributed by atoms with Crippen molar-refractivity contribution in [2.45, 2.75) is 26.6 Å². The van der Waals surface area contributed by atoms with E-state index < -0.39 is 34.8 Å². The average molecular weight is 448 g/mol. The highest BCUT2D eigenvalue weighted by Gasteiger charge is 2.34. The molecule has 32 heavy (non-hydrogen) atoms. The SMILES string of the molecule is COc1ccc(C(=O)NCc2ccc(-n3nc(C)cc3C)cc2C(F)(F)F)cc1[N+](=O)[O-]. The third-order valence-corrected chi connectivity index (χ3v) is 4.73. The summed E-state index contributed by atoms with van der Waals surface area (Å²) >= 11 is 0. The van der Waals surface area contributed by atoms with E-state index in [1.165, 1.54) is 36.1 Å². The minimum absolute atomic E-state index is 0.0364. The van der Waals surface area contributed by atoms with Gasteiger partial charge in [0.1, 0.15) is 0 Å². The van der Waals surface area contributed by atoms with Crippen LogP contribution in [0.4, 0.5) is 18.9 Å². The molecular weight excluding hydrogens is 429 g/mol. The van der Waals surface area contributed by atoms with E-state index in [-0.39, 0.29) is 22.6 Å². The number of hydrogen-bond acceptors (Lipinski definition) is 5. The van der Waals surface area contributed by atoms with E-state index in [1.54, 1.807) is 19.9 Å². The molecule has 0 saturated carbocycles. The van der Waals surface area contributed by atoms with Gasteiger partial charge in [-0.3, -0.25) is 14.9 Å². The predicted molar refractivity (Wildman–Crippen MR) is 109 cm³/mol. The topological polar surface area (TPSA) is 99.3 Å². The molecule has 0 fully saturated rings. The van der Waals surface area contributed by atoms with Gasteiger partial charge < -0.3 is 10.1 Å². The minimum Gasteiger partial charge on any atom is -0.490 e. The van der Waals surface area contributed by atoms with E-state index in [1.807, 2.05) is 0 Å². The fourth-order valence-electron chi connectivity index (χ4n) is 3.26. The second-order valence-electron chi connectivity index (χ2n) is 7.00. The zero-order valence-electron chi connectivity index (χ0n) is 17.4. The number of hydrogen-bond donors (Lipinski definition) is 1. The minimum atomic E-state index is -4.66. The summed E-state index contributed by atoms with van der Waals surface area (Å²) < 4.78 is 47.4. The van der Waals surface area contributed by atoms with Crippen molar-refractivity contribution in [1.82, 2.24) is 15.1 Å². The lowest BCUT2D eigenvalue weighted by atomic mass is 10.1. The normalized spacial score (nSPS) is 11.3. The number of methoxy groups -OCH3 is 1. The molecule has 11 heteroatoms. The van der Waals surface area contributed by atoms with Crippen LogP contribution in [0.15, 0.2) is 42.5 Å². The Hall–Kier alpha value is -3.89. The molecule has 1 N–H and O–H groups in total. The van der Waals surface area contributed by atoms with Crippen LogP contribution in [0.3, 0.4) is 0 Å². The standard InChI is InChI=1S/C21H19F3N4O4/c1-12-8-13(2)27(26-12)16-6-4-15(17(10-16)21(22,23)24)11-25-20(29)14-5-7-19(32-3)18(9-14)28(30)31/h4-10H,11H2,1-3H3,(H,25,29). The molecule has 3 rings (SSSR count). The van der Waals surface area contributed by atoms with Crippen LogP contribution in [-0.2, 0) is 12.7 Å². The summed E-state index contributed by atoms with van der Waals surface area (Å²) in [5.74, 6) is -0.794. The summed E-state index contributed by atoms with van der Waals surface area (Å²) in [6, 6.07) is 9.01. The van der Waals surface area contributed by atoms with Gasteiger partial charge >= 0.3 is 11.9 Å². The van der Waals surface area contributed by atoms with Crippen molar-refractivity contribution < 1.29 is 27.6 Å². The van der Waals surface area contributed by atoms with Gasteiger partial charge in [-0.25, -0.2) is 4.68 Å². The van der Waals surface area contributed by atoms with E-state index in [0.717, 1.165) is 12.1 Å². The van der Waals surface area contributed by atoms with Gasteiger partial charge in [-0.1, -0.05) is 6.07 Å². The first-order valence-corrected chi connectivity index (χ1v) is 9.35. The lowest BCUT2D eigenvalue weighted by Gasteiger charge is -2.16. The first kappa shape index (κ1) is 22.8. The monoisotopic (exact) mass is 448 g/mol. The maximum Gasteiger partial charge on any atom is 0.416 e. The molecule has 2 aromatic carbocycles. The van der Waals surface area contributed by atoms with E-state index in [4.69, 9.17) is 4.74 Å². The summed E-state index contributed by atoms with van der Waals surface area (Å²) in [6.45, 7) is 3.04. The molecule has 8 nitrogen and oxygen atoms in total. The quantitative estimate of drug-likeness (QED) is 0.446. The van der Waals surface area contributed by atoms with Crippen molar-refractivity contribution in [3.8, 4) is 11.4 Å². The Labute approximate surface area is 180 Å². The van der Waals surface area contributed by atoms with Gasteiger partial charge in [-0.2, -0.15) is 18.3 Å². The van der Waals surface area contributed by atoms with Crippen LogP contribution in [0.25, 0.3) is 5.69 Å². The molecule has 0 aliphatic rings. The van der Waals surface area contributed by atoms with Crippen LogP contribution < -0.4 is 10.1 Å². The van der Waals surface area contributed by atoms with Gasteiger partial charge in [0, 0.05) is 23.9 Å². The Bertz CT molecular complexity index is 1190. The van der Waals surface area contributed by atoms with Crippen molar-refractivity contribution in [3.63, 3.8) is 0 Å². The van der Waals surface area contributed by atoms with Crippen molar-refractivity contribution >= 4 is 11.6 Å². The van der Waals surface area contributed by atoms with E-state index in [0.29, 0.717) is 11.4 Å². The Kier molecular flexibility index (Phi) is 6.19. The summed E-state index contributed by atoms with van der Waals surface area (Å²) in [6.07, 6.45) is -4.66. The highest BCUT2D eigenvalue weighted by atomic mass is 19.4. The number of carbonyl (C=O) groups excluding carboxylic acids is 1. The van der Waals surface area contributed by atoms with Crippen LogP contribution in [0.2, 0.25) is 0 Å². The number of benzene rings is 2. The van der Waals surface area contributed by atoms with Gasteiger partial charge in [-0.05, 0) is 49.7 Å². The zero-order chi connectivity index (χ0) is 23.6. The number of alkyl halides is 3. The number of rotatable bonds is 6. The Morgan fingerprint density at radius 1 is 1.19 bits per heavy atom. The molecule has 1 amide bonds. The van der Waals surface area contributed by atoms with E-state index >= 15 is 0 Å². The summed E-state index contributed by atoms with van der Waals surface area (Å²) in [4.78, 5) is 22.8. The third-order valence-electron chi connectivity index (χ3n) is 4.73. The van der Waals surface area contributed by atoms with Gasteiger partial charge in [0.25, 0.3) is 5.91 Å². The Morgan fingerprint density at radius 3 is 2.47 bits per heavy atom. The number of amides is 1. The molecule has 0 spiro atoms. The fraction of sp³-hybridized carbons (Fsp3) is 0.238. The van der Waals surface area contributed by atoms with Crippen LogP contribution in [0.1, 0.15) is 32.9 Å². The van der Waals surface area contributed by atoms with Gasteiger partial charge in [0.2, 0.25) is 0 Å². The van der Waals surface area contributed by atoms with Gasteiger partial charge in [-0.15, -0.1) is 0 Å². The number of halogens is 3. The molecule has 0 bridgehead atoms. The van der Waals surface area contributed by atoms with Crippen LogP contribution in [-0.4, -0.2) is 27.7 Å². The number of carbonyl (C=O) groups is 1.